The Morgan fingerprint density at radius 1 is 0.875 bits per heavy atom. The maximum atomic E-state index is 15.3. The summed E-state index contributed by atoms with van der Waals surface area (Å²) in [6.07, 6.45) is -0.601. The Kier molecular flexibility index (Phi) is 11.2. The Morgan fingerprint density at radius 2 is 1.50 bits per heavy atom. The molecule has 0 aromatic heterocycles. The number of carbonyl (C=O) groups is 3. The van der Waals surface area contributed by atoms with E-state index in [4.69, 9.17) is 9.47 Å². The Morgan fingerprint density at radius 3 is 2.12 bits per heavy atom. The first-order valence-corrected chi connectivity index (χ1v) is 22.3. The van der Waals surface area contributed by atoms with Gasteiger partial charge in [-0.2, -0.15) is 0 Å². The van der Waals surface area contributed by atoms with Gasteiger partial charge in [0.1, 0.15) is 5.75 Å². The topological polar surface area (TPSA) is 108 Å². The number of ether oxygens (including phenoxy) is 2. The molecular formula is C46H49N3O6Si. The number of nitrogens with one attached hydrogen (secondary N) is 1. The summed E-state index contributed by atoms with van der Waals surface area (Å²) >= 11 is 0. The van der Waals surface area contributed by atoms with E-state index in [0.29, 0.717) is 35.6 Å². The van der Waals surface area contributed by atoms with Crippen LogP contribution in [0.3, 0.4) is 0 Å². The van der Waals surface area contributed by atoms with Crippen molar-refractivity contribution >= 4 is 42.4 Å². The summed E-state index contributed by atoms with van der Waals surface area (Å²) in [6, 6.07) is 42.3. The highest BCUT2D eigenvalue weighted by Crippen LogP contribution is 2.60. The number of methoxy groups -OCH3 is 1. The number of benzene rings is 5. The molecule has 1 saturated heterocycles. The third-order valence-corrected chi connectivity index (χ3v) is 16.0. The normalized spacial score (nSPS) is 20.2. The summed E-state index contributed by atoms with van der Waals surface area (Å²) in [7, 11) is -0.925. The lowest BCUT2D eigenvalue weighted by atomic mass is 9.82. The van der Waals surface area contributed by atoms with E-state index in [0.717, 1.165) is 22.1 Å². The van der Waals surface area contributed by atoms with Gasteiger partial charge in [0.25, 0.3) is 11.8 Å². The number of hydrogen-bond donors (Lipinski definition) is 2. The van der Waals surface area contributed by atoms with Crippen LogP contribution in [-0.2, 0) is 33.0 Å². The number of hydrogen-bond acceptors (Lipinski definition) is 6. The molecule has 0 radical (unpaired) electrons. The molecule has 2 aliphatic heterocycles. The van der Waals surface area contributed by atoms with E-state index < -0.39 is 19.8 Å². The predicted molar refractivity (Wildman–Crippen MR) is 222 cm³/mol. The van der Waals surface area contributed by atoms with Crippen LogP contribution in [0.25, 0.3) is 0 Å². The molecule has 0 bridgehead atoms. The minimum Gasteiger partial charge on any atom is -0.497 e. The van der Waals surface area contributed by atoms with E-state index in [1.807, 2.05) is 109 Å². The van der Waals surface area contributed by atoms with E-state index in [1.165, 1.54) is 0 Å². The summed E-state index contributed by atoms with van der Waals surface area (Å²) in [5.41, 5.74) is 2.74. The number of rotatable bonds is 13. The number of aliphatic hydroxyl groups is 1. The third-order valence-electron chi connectivity index (χ3n) is 11.6. The highest BCUT2D eigenvalue weighted by Gasteiger charge is 2.66. The molecule has 10 heteroatoms. The van der Waals surface area contributed by atoms with Crippen LogP contribution in [0.2, 0.25) is 18.6 Å². The molecule has 56 heavy (non-hydrogen) atoms. The molecule has 5 aromatic rings. The highest BCUT2D eigenvalue weighted by atomic mass is 28.3. The molecular weight excluding hydrogens is 719 g/mol. The highest BCUT2D eigenvalue weighted by molar-refractivity contribution is 6.91. The Hall–Kier alpha value is -5.55. The summed E-state index contributed by atoms with van der Waals surface area (Å²) < 4.78 is 12.8. The summed E-state index contributed by atoms with van der Waals surface area (Å²) in [5, 5.41) is 14.3. The van der Waals surface area contributed by atoms with Gasteiger partial charge in [-0.3, -0.25) is 14.4 Å². The van der Waals surface area contributed by atoms with Gasteiger partial charge in [-0.1, -0.05) is 116 Å². The van der Waals surface area contributed by atoms with Crippen molar-refractivity contribution < 1.29 is 29.0 Å². The first-order chi connectivity index (χ1) is 27.1. The van der Waals surface area contributed by atoms with Gasteiger partial charge in [-0.05, 0) is 59.1 Å². The lowest BCUT2D eigenvalue weighted by Gasteiger charge is -2.37. The molecule has 4 atom stereocenters. The fourth-order valence-corrected chi connectivity index (χ4v) is 12.8. The molecule has 5 aromatic carbocycles. The summed E-state index contributed by atoms with van der Waals surface area (Å²) in [6.45, 7) is 7.31. The minimum absolute atomic E-state index is 0.0297. The molecule has 3 amide bonds. The second-order valence-electron chi connectivity index (χ2n) is 15.3. The first-order valence-electron chi connectivity index (χ1n) is 19.2. The van der Waals surface area contributed by atoms with Gasteiger partial charge in [-0.25, -0.2) is 0 Å². The molecule has 0 saturated carbocycles. The van der Waals surface area contributed by atoms with Crippen LogP contribution < -0.4 is 20.1 Å². The number of fused-ring (bicyclic) bond motifs is 2. The van der Waals surface area contributed by atoms with Crippen LogP contribution >= 0.6 is 0 Å². The summed E-state index contributed by atoms with van der Waals surface area (Å²) in [5.74, 6) is -0.220. The van der Waals surface area contributed by atoms with Crippen molar-refractivity contribution in [2.24, 2.45) is 5.92 Å². The van der Waals surface area contributed by atoms with Gasteiger partial charge in [0.15, 0.2) is 5.60 Å². The zero-order valence-electron chi connectivity index (χ0n) is 32.4. The van der Waals surface area contributed by atoms with Crippen LogP contribution in [0, 0.1) is 5.92 Å². The minimum atomic E-state index is -2.57. The number of carbonyl (C=O) groups excluding carboxylic acids is 3. The number of anilines is 2. The number of amides is 3. The largest absolute Gasteiger partial charge is 0.497 e. The Balaban J connectivity index is 1.32. The second kappa shape index (κ2) is 16.3. The lowest BCUT2D eigenvalue weighted by molar-refractivity contribution is -0.150. The molecule has 0 unspecified atom stereocenters. The fourth-order valence-electron chi connectivity index (χ4n) is 8.82. The molecule has 2 aliphatic rings. The SMILES string of the molecule is COc1ccc([Si](C)(C)[C@H]2[C@H](CC(=O)N(CCO)Cc3ccccc3)O[C@@]3(C(=O)N(Cc4ccccc4)c4ccc(NC(=O)c5ccccc5)cc43)[C@@H]2C)cc1. The maximum absolute atomic E-state index is 15.3. The molecule has 0 aliphatic carbocycles. The number of nitrogens with zero attached hydrogens (tertiary/aromatic N) is 2. The summed E-state index contributed by atoms with van der Waals surface area (Å²) in [4.78, 5) is 46.6. The fraction of sp³-hybridized carbons (Fsp3) is 0.283. The van der Waals surface area contributed by atoms with E-state index >= 15 is 4.79 Å². The second-order valence-corrected chi connectivity index (χ2v) is 20.0. The van der Waals surface area contributed by atoms with Crippen LogP contribution in [0.1, 0.15) is 40.4 Å². The van der Waals surface area contributed by atoms with Gasteiger partial charge >= 0.3 is 0 Å². The molecule has 9 nitrogen and oxygen atoms in total. The van der Waals surface area contributed by atoms with Crippen molar-refractivity contribution in [3.63, 3.8) is 0 Å². The molecule has 1 spiro atoms. The quantitative estimate of drug-likeness (QED) is 0.124. The van der Waals surface area contributed by atoms with Crippen LogP contribution in [0.5, 0.6) is 5.75 Å². The van der Waals surface area contributed by atoms with E-state index in [9.17, 15) is 14.7 Å². The van der Waals surface area contributed by atoms with Gasteiger partial charge in [0.05, 0.1) is 46.5 Å². The molecule has 7 rings (SSSR count). The van der Waals surface area contributed by atoms with Gasteiger partial charge in [0.2, 0.25) is 5.91 Å². The van der Waals surface area contributed by atoms with Gasteiger partial charge < -0.3 is 29.7 Å². The van der Waals surface area contributed by atoms with E-state index in [2.05, 4.69) is 37.5 Å². The van der Waals surface area contributed by atoms with Crippen molar-refractivity contribution in [3.8, 4) is 5.75 Å². The average molecular weight is 768 g/mol. The molecule has 288 valence electrons. The third kappa shape index (κ3) is 7.39. The van der Waals surface area contributed by atoms with Gasteiger partial charge in [-0.15, -0.1) is 0 Å². The van der Waals surface area contributed by atoms with Crippen molar-refractivity contribution in [3.05, 3.63) is 156 Å². The Bertz CT molecular complexity index is 2170. The molecule has 2 heterocycles. The Labute approximate surface area is 329 Å². The molecule has 1 fully saturated rings. The van der Waals surface area contributed by atoms with Crippen molar-refractivity contribution in [1.29, 1.82) is 0 Å². The smallest absolute Gasteiger partial charge is 0.264 e. The van der Waals surface area contributed by atoms with Crippen molar-refractivity contribution in [2.45, 2.75) is 56.8 Å². The standard InChI is InChI=1S/C46H49N3O6Si/c1-32-43(56(3,4)38-23-21-37(54-2)22-24-38)41(29-42(51)48(26-27-50)30-33-14-8-5-9-15-33)55-46(32)39-28-36(47-44(52)35-18-12-7-13-19-35)20-25-40(39)49(45(46)53)31-34-16-10-6-11-17-34/h5-25,28,32,41,43,50H,26-27,29-31H2,1-4H3,(H,47,52)/t32-,41+,43-,46+/m1/s1. The monoisotopic (exact) mass is 767 g/mol. The van der Waals surface area contributed by atoms with Crippen molar-refractivity contribution in [1.82, 2.24) is 4.90 Å². The van der Waals surface area contributed by atoms with Crippen LogP contribution in [0.4, 0.5) is 11.4 Å². The van der Waals surface area contributed by atoms with Crippen LogP contribution in [-0.4, -0.2) is 62.2 Å². The zero-order valence-corrected chi connectivity index (χ0v) is 33.4. The van der Waals surface area contributed by atoms with Crippen LogP contribution in [0.15, 0.2) is 133 Å². The average Bonchev–Trinajstić information content (AvgIpc) is 3.64. The van der Waals surface area contributed by atoms with Crippen molar-refractivity contribution in [2.75, 3.05) is 30.5 Å². The molecule has 2 N–H and O–H groups in total. The predicted octanol–water partition coefficient (Wildman–Crippen LogP) is 7.12. The lowest BCUT2D eigenvalue weighted by Crippen LogP contribution is -2.52. The first kappa shape index (κ1) is 38.7. The van der Waals surface area contributed by atoms with E-state index in [-0.39, 0.29) is 48.8 Å². The zero-order chi connectivity index (χ0) is 39.5. The maximum Gasteiger partial charge on any atom is 0.264 e. The van der Waals surface area contributed by atoms with E-state index in [1.54, 1.807) is 29.0 Å². The van der Waals surface area contributed by atoms with Gasteiger partial charge in [0, 0.05) is 35.8 Å². The number of aliphatic hydroxyl groups excluding tert-OH is 1.